The number of likely N-dealkylation sites (tertiary alicyclic amines) is 1. The molecule has 1 N–H and O–H groups in total. The first-order valence-electron chi connectivity index (χ1n) is 7.65. The molecule has 1 aromatic heterocycles. The number of carbonyl (C=O) groups is 1. The number of rotatable bonds is 5. The van der Waals surface area contributed by atoms with Gasteiger partial charge in [-0.05, 0) is 55.1 Å². The molecule has 114 valence electrons. The highest BCUT2D eigenvalue weighted by molar-refractivity contribution is 5.87. The maximum atomic E-state index is 10.9. The van der Waals surface area contributed by atoms with E-state index in [0.29, 0.717) is 11.5 Å². The van der Waals surface area contributed by atoms with E-state index in [1.807, 2.05) is 30.5 Å². The van der Waals surface area contributed by atoms with Gasteiger partial charge in [-0.3, -0.25) is 9.88 Å². The summed E-state index contributed by atoms with van der Waals surface area (Å²) in [5.74, 6) is -0.228. The van der Waals surface area contributed by atoms with Gasteiger partial charge in [-0.25, -0.2) is 4.79 Å². The summed E-state index contributed by atoms with van der Waals surface area (Å²) in [7, 11) is 0. The van der Waals surface area contributed by atoms with E-state index in [2.05, 4.69) is 16.0 Å². The van der Waals surface area contributed by atoms with Crippen LogP contribution in [0.1, 0.15) is 28.0 Å². The fourth-order valence-electron chi connectivity index (χ4n) is 3.06. The van der Waals surface area contributed by atoms with Gasteiger partial charge in [-0.1, -0.05) is 18.2 Å². The van der Waals surface area contributed by atoms with Crippen LogP contribution < -0.4 is 0 Å². The average Bonchev–Trinajstić information content (AvgIpc) is 2.96. The molecule has 1 aromatic carbocycles. The molecule has 1 fully saturated rings. The maximum absolute atomic E-state index is 10.9. The molecule has 1 aliphatic rings. The van der Waals surface area contributed by atoms with Crippen LogP contribution in [0.25, 0.3) is 0 Å². The Morgan fingerprint density at radius 1 is 1.23 bits per heavy atom. The molecule has 1 atom stereocenters. The zero-order valence-electron chi connectivity index (χ0n) is 12.5. The minimum Gasteiger partial charge on any atom is -0.478 e. The van der Waals surface area contributed by atoms with Crippen molar-refractivity contribution in [2.45, 2.75) is 19.4 Å². The Balaban J connectivity index is 1.53. The largest absolute Gasteiger partial charge is 0.478 e. The molecule has 2 aromatic rings. The van der Waals surface area contributed by atoms with Crippen LogP contribution in [0.4, 0.5) is 0 Å². The van der Waals surface area contributed by atoms with E-state index in [4.69, 9.17) is 5.11 Å². The quantitative estimate of drug-likeness (QED) is 0.922. The number of pyridine rings is 1. The second-order valence-corrected chi connectivity index (χ2v) is 5.92. The Hall–Kier alpha value is -2.20. The summed E-state index contributed by atoms with van der Waals surface area (Å²) in [6.45, 7) is 3.10. The normalized spacial score (nSPS) is 18.5. The van der Waals surface area contributed by atoms with Gasteiger partial charge in [0.1, 0.15) is 0 Å². The molecule has 3 rings (SSSR count). The van der Waals surface area contributed by atoms with Crippen molar-refractivity contribution < 1.29 is 9.90 Å². The van der Waals surface area contributed by atoms with Crippen LogP contribution in [0, 0.1) is 5.92 Å². The number of carboxylic acid groups (broad SMARTS) is 1. The van der Waals surface area contributed by atoms with E-state index in [0.717, 1.165) is 31.7 Å². The fraction of sp³-hybridized carbons (Fsp3) is 0.333. The molecule has 4 nitrogen and oxygen atoms in total. The molecule has 2 heterocycles. The molecule has 22 heavy (non-hydrogen) atoms. The highest BCUT2D eigenvalue weighted by Crippen LogP contribution is 2.22. The monoisotopic (exact) mass is 296 g/mol. The van der Waals surface area contributed by atoms with Gasteiger partial charge >= 0.3 is 5.97 Å². The lowest BCUT2D eigenvalue weighted by molar-refractivity contribution is 0.0697. The van der Waals surface area contributed by atoms with Crippen LogP contribution in [0.5, 0.6) is 0 Å². The SMILES string of the molecule is O=C(O)c1ccc(C[C@H]2CCN(Cc3ccccn3)C2)cc1. The Kier molecular flexibility index (Phi) is 4.49. The third kappa shape index (κ3) is 3.71. The molecular formula is C18H20N2O2. The lowest BCUT2D eigenvalue weighted by Crippen LogP contribution is -2.21. The molecule has 0 amide bonds. The number of hydrogen-bond acceptors (Lipinski definition) is 3. The predicted molar refractivity (Wildman–Crippen MR) is 84.7 cm³/mol. The minimum atomic E-state index is -0.867. The summed E-state index contributed by atoms with van der Waals surface area (Å²) >= 11 is 0. The molecule has 1 aliphatic heterocycles. The molecule has 1 saturated heterocycles. The van der Waals surface area contributed by atoms with Crippen molar-refractivity contribution in [1.82, 2.24) is 9.88 Å². The van der Waals surface area contributed by atoms with Crippen LogP contribution in [0.2, 0.25) is 0 Å². The molecule has 0 bridgehead atoms. The number of aromatic nitrogens is 1. The van der Waals surface area contributed by atoms with Crippen molar-refractivity contribution in [3.63, 3.8) is 0 Å². The van der Waals surface area contributed by atoms with Crippen molar-refractivity contribution in [3.8, 4) is 0 Å². The molecular weight excluding hydrogens is 276 g/mol. The molecule has 0 radical (unpaired) electrons. The van der Waals surface area contributed by atoms with Gasteiger partial charge in [0.2, 0.25) is 0 Å². The van der Waals surface area contributed by atoms with Crippen molar-refractivity contribution in [2.24, 2.45) is 5.92 Å². The second-order valence-electron chi connectivity index (χ2n) is 5.92. The van der Waals surface area contributed by atoms with Gasteiger partial charge in [0, 0.05) is 19.3 Å². The van der Waals surface area contributed by atoms with Crippen molar-refractivity contribution in [3.05, 3.63) is 65.5 Å². The number of benzene rings is 1. The first-order valence-corrected chi connectivity index (χ1v) is 7.65. The number of nitrogens with zero attached hydrogens (tertiary/aromatic N) is 2. The smallest absolute Gasteiger partial charge is 0.335 e. The van der Waals surface area contributed by atoms with Crippen molar-refractivity contribution in [2.75, 3.05) is 13.1 Å². The highest BCUT2D eigenvalue weighted by Gasteiger charge is 2.22. The Morgan fingerprint density at radius 3 is 2.73 bits per heavy atom. The molecule has 0 spiro atoms. The second kappa shape index (κ2) is 6.71. The maximum Gasteiger partial charge on any atom is 0.335 e. The summed E-state index contributed by atoms with van der Waals surface area (Å²) in [4.78, 5) is 17.7. The fourth-order valence-corrected chi connectivity index (χ4v) is 3.06. The van der Waals surface area contributed by atoms with E-state index in [9.17, 15) is 4.79 Å². The van der Waals surface area contributed by atoms with Gasteiger partial charge in [0.15, 0.2) is 0 Å². The lowest BCUT2D eigenvalue weighted by atomic mass is 9.98. The van der Waals surface area contributed by atoms with Gasteiger partial charge in [0.25, 0.3) is 0 Å². The first kappa shape index (κ1) is 14.7. The molecule has 4 heteroatoms. The molecule has 0 unspecified atom stereocenters. The Bertz CT molecular complexity index is 625. The van der Waals surface area contributed by atoms with Crippen molar-refractivity contribution >= 4 is 5.97 Å². The number of aromatic carboxylic acids is 1. The van der Waals surface area contributed by atoms with Gasteiger partial charge < -0.3 is 5.11 Å². The summed E-state index contributed by atoms with van der Waals surface area (Å²) in [6.07, 6.45) is 4.04. The lowest BCUT2D eigenvalue weighted by Gasteiger charge is -2.15. The van der Waals surface area contributed by atoms with Gasteiger partial charge in [-0.15, -0.1) is 0 Å². The molecule has 0 aliphatic carbocycles. The standard InChI is InChI=1S/C18H20N2O2/c21-18(22)16-6-4-14(5-7-16)11-15-8-10-20(12-15)13-17-3-1-2-9-19-17/h1-7,9,15H,8,10-13H2,(H,21,22)/t15-/m1/s1. The van der Waals surface area contributed by atoms with E-state index in [1.165, 1.54) is 12.0 Å². The minimum absolute atomic E-state index is 0.354. The van der Waals surface area contributed by atoms with Crippen LogP contribution in [0.15, 0.2) is 48.7 Å². The highest BCUT2D eigenvalue weighted by atomic mass is 16.4. The number of hydrogen-bond donors (Lipinski definition) is 1. The van der Waals surface area contributed by atoms with E-state index < -0.39 is 5.97 Å². The van der Waals surface area contributed by atoms with Crippen LogP contribution in [0.3, 0.4) is 0 Å². The van der Waals surface area contributed by atoms with Crippen LogP contribution in [-0.2, 0) is 13.0 Å². The van der Waals surface area contributed by atoms with Gasteiger partial charge in [-0.2, -0.15) is 0 Å². The van der Waals surface area contributed by atoms with E-state index in [1.54, 1.807) is 12.1 Å². The third-order valence-corrected chi connectivity index (χ3v) is 4.21. The zero-order chi connectivity index (χ0) is 15.4. The van der Waals surface area contributed by atoms with Crippen molar-refractivity contribution in [1.29, 1.82) is 0 Å². The summed E-state index contributed by atoms with van der Waals surface area (Å²) in [5, 5.41) is 8.92. The summed E-state index contributed by atoms with van der Waals surface area (Å²) < 4.78 is 0. The number of carboxylic acids is 1. The third-order valence-electron chi connectivity index (χ3n) is 4.21. The topological polar surface area (TPSA) is 53.4 Å². The summed E-state index contributed by atoms with van der Waals surface area (Å²) in [6, 6.07) is 13.3. The Labute approximate surface area is 130 Å². The van der Waals surface area contributed by atoms with Gasteiger partial charge in [0.05, 0.1) is 11.3 Å². The summed E-state index contributed by atoms with van der Waals surface area (Å²) in [5.41, 5.74) is 2.69. The Morgan fingerprint density at radius 2 is 2.05 bits per heavy atom. The van der Waals surface area contributed by atoms with Crippen LogP contribution in [-0.4, -0.2) is 34.0 Å². The molecule has 0 saturated carbocycles. The average molecular weight is 296 g/mol. The zero-order valence-corrected chi connectivity index (χ0v) is 12.5. The first-order chi connectivity index (χ1) is 10.7. The van der Waals surface area contributed by atoms with Crippen LogP contribution >= 0.6 is 0 Å². The van der Waals surface area contributed by atoms with E-state index >= 15 is 0 Å². The van der Waals surface area contributed by atoms with E-state index in [-0.39, 0.29) is 0 Å². The predicted octanol–water partition coefficient (Wildman–Crippen LogP) is 2.84.